The highest BCUT2D eigenvalue weighted by atomic mass is 35.5. The Morgan fingerprint density at radius 1 is 1.36 bits per heavy atom. The summed E-state index contributed by atoms with van der Waals surface area (Å²) in [5, 5.41) is 9.46. The van der Waals surface area contributed by atoms with Crippen LogP contribution in [-0.4, -0.2) is 19.2 Å². The number of aromatic hydroxyl groups is 1. The van der Waals surface area contributed by atoms with E-state index in [1.54, 1.807) is 18.2 Å². The molecular formula is C8H10ClNO. The lowest BCUT2D eigenvalue weighted by Crippen LogP contribution is -2.07. The minimum absolute atomic E-state index is 0.122. The molecule has 0 atom stereocenters. The normalized spacial score (nSPS) is 9.73. The summed E-state index contributed by atoms with van der Waals surface area (Å²) < 4.78 is 0. The summed E-state index contributed by atoms with van der Waals surface area (Å²) in [7, 11) is 3.84. The van der Waals surface area contributed by atoms with Crippen molar-refractivity contribution >= 4 is 17.3 Å². The van der Waals surface area contributed by atoms with Gasteiger partial charge in [0.05, 0.1) is 5.02 Å². The third kappa shape index (κ3) is 1.77. The minimum atomic E-state index is 0.122. The van der Waals surface area contributed by atoms with Crippen molar-refractivity contribution in [1.82, 2.24) is 0 Å². The van der Waals surface area contributed by atoms with E-state index in [2.05, 4.69) is 0 Å². The molecule has 0 aromatic heterocycles. The molecule has 0 aliphatic carbocycles. The lowest BCUT2D eigenvalue weighted by molar-refractivity contribution is 0.475. The molecule has 1 rings (SSSR count). The van der Waals surface area contributed by atoms with Crippen molar-refractivity contribution in [2.75, 3.05) is 19.0 Å². The first-order valence-corrected chi connectivity index (χ1v) is 3.65. The number of hydrogen-bond acceptors (Lipinski definition) is 2. The highest BCUT2D eigenvalue weighted by Crippen LogP contribution is 2.26. The SMILES string of the molecule is CN(C)c1ccc(O)c(Cl)c1. The van der Waals surface area contributed by atoms with Gasteiger partial charge in [0.25, 0.3) is 0 Å². The molecule has 0 radical (unpaired) electrons. The van der Waals surface area contributed by atoms with Gasteiger partial charge in [-0.2, -0.15) is 0 Å². The van der Waals surface area contributed by atoms with E-state index in [-0.39, 0.29) is 5.75 Å². The maximum atomic E-state index is 9.08. The van der Waals surface area contributed by atoms with Crippen molar-refractivity contribution in [2.24, 2.45) is 0 Å². The topological polar surface area (TPSA) is 23.5 Å². The third-order valence-corrected chi connectivity index (χ3v) is 1.75. The fourth-order valence-corrected chi connectivity index (χ4v) is 0.949. The number of hydrogen-bond donors (Lipinski definition) is 1. The summed E-state index contributed by atoms with van der Waals surface area (Å²) in [5.41, 5.74) is 0.979. The van der Waals surface area contributed by atoms with E-state index in [1.165, 1.54) is 0 Å². The van der Waals surface area contributed by atoms with Gasteiger partial charge in [-0.05, 0) is 18.2 Å². The Labute approximate surface area is 71.0 Å². The number of rotatable bonds is 1. The summed E-state index contributed by atoms with van der Waals surface area (Å²) in [6.07, 6.45) is 0. The number of phenols is 1. The summed E-state index contributed by atoms with van der Waals surface area (Å²) >= 11 is 5.68. The number of anilines is 1. The van der Waals surface area contributed by atoms with E-state index >= 15 is 0 Å². The molecular weight excluding hydrogens is 162 g/mol. The first-order valence-electron chi connectivity index (χ1n) is 3.27. The highest BCUT2D eigenvalue weighted by Gasteiger charge is 1.99. The monoisotopic (exact) mass is 171 g/mol. The lowest BCUT2D eigenvalue weighted by atomic mass is 10.3. The van der Waals surface area contributed by atoms with Crippen LogP contribution in [0.2, 0.25) is 5.02 Å². The Morgan fingerprint density at radius 2 is 2.00 bits per heavy atom. The molecule has 1 aromatic carbocycles. The molecule has 1 N–H and O–H groups in total. The Morgan fingerprint density at radius 3 is 2.45 bits per heavy atom. The zero-order chi connectivity index (χ0) is 8.43. The van der Waals surface area contributed by atoms with E-state index in [9.17, 15) is 0 Å². The Balaban J connectivity index is 3.05. The number of benzene rings is 1. The van der Waals surface area contributed by atoms with Crippen LogP contribution >= 0.6 is 11.6 Å². The molecule has 0 heterocycles. The van der Waals surface area contributed by atoms with Crippen molar-refractivity contribution in [2.45, 2.75) is 0 Å². The van der Waals surface area contributed by atoms with Crippen molar-refractivity contribution in [3.8, 4) is 5.75 Å². The first-order chi connectivity index (χ1) is 5.11. The second-order valence-electron chi connectivity index (χ2n) is 2.53. The molecule has 3 heteroatoms. The van der Waals surface area contributed by atoms with Crippen LogP contribution in [0.25, 0.3) is 0 Å². The number of nitrogens with zero attached hydrogens (tertiary/aromatic N) is 1. The molecule has 0 aliphatic heterocycles. The van der Waals surface area contributed by atoms with Crippen LogP contribution in [0.5, 0.6) is 5.75 Å². The van der Waals surface area contributed by atoms with E-state index in [1.807, 2.05) is 19.0 Å². The maximum absolute atomic E-state index is 9.08. The molecule has 0 aliphatic rings. The molecule has 0 unspecified atom stereocenters. The van der Waals surface area contributed by atoms with E-state index in [0.717, 1.165) is 5.69 Å². The molecule has 0 bridgehead atoms. The van der Waals surface area contributed by atoms with Crippen LogP contribution in [0.1, 0.15) is 0 Å². The second kappa shape index (κ2) is 3.01. The van der Waals surface area contributed by atoms with Crippen molar-refractivity contribution in [1.29, 1.82) is 0 Å². The molecule has 0 amide bonds. The fourth-order valence-electron chi connectivity index (χ4n) is 0.774. The van der Waals surface area contributed by atoms with Gasteiger partial charge in [0, 0.05) is 19.8 Å². The second-order valence-corrected chi connectivity index (χ2v) is 2.94. The van der Waals surface area contributed by atoms with E-state index in [4.69, 9.17) is 16.7 Å². The predicted octanol–water partition coefficient (Wildman–Crippen LogP) is 2.11. The third-order valence-electron chi connectivity index (χ3n) is 1.45. The molecule has 11 heavy (non-hydrogen) atoms. The zero-order valence-corrected chi connectivity index (χ0v) is 7.26. The summed E-state index contributed by atoms with van der Waals surface area (Å²) in [4.78, 5) is 1.92. The molecule has 0 saturated carbocycles. The van der Waals surface area contributed by atoms with Crippen LogP contribution in [0.4, 0.5) is 5.69 Å². The van der Waals surface area contributed by atoms with E-state index < -0.39 is 0 Å². The lowest BCUT2D eigenvalue weighted by Gasteiger charge is -2.12. The average Bonchev–Trinajstić information content (AvgIpc) is 1.94. The fraction of sp³-hybridized carbons (Fsp3) is 0.250. The van der Waals surface area contributed by atoms with Gasteiger partial charge in [-0.1, -0.05) is 11.6 Å². The van der Waals surface area contributed by atoms with Gasteiger partial charge in [0.1, 0.15) is 5.75 Å². The predicted molar refractivity (Wildman–Crippen MR) is 47.4 cm³/mol. The summed E-state index contributed by atoms with van der Waals surface area (Å²) in [6.45, 7) is 0. The Hall–Kier alpha value is -0.890. The van der Waals surface area contributed by atoms with Gasteiger partial charge in [-0.25, -0.2) is 0 Å². The van der Waals surface area contributed by atoms with Crippen LogP contribution in [0, 0.1) is 0 Å². The largest absolute Gasteiger partial charge is 0.506 e. The first kappa shape index (κ1) is 8.21. The van der Waals surface area contributed by atoms with Gasteiger partial charge in [-0.3, -0.25) is 0 Å². The van der Waals surface area contributed by atoms with Gasteiger partial charge in [-0.15, -0.1) is 0 Å². The van der Waals surface area contributed by atoms with Crippen molar-refractivity contribution in [3.63, 3.8) is 0 Å². The standard InChI is InChI=1S/C8H10ClNO/c1-10(2)6-3-4-8(11)7(9)5-6/h3-5,11H,1-2H3. The van der Waals surface area contributed by atoms with Crippen LogP contribution < -0.4 is 4.90 Å². The molecule has 2 nitrogen and oxygen atoms in total. The van der Waals surface area contributed by atoms with E-state index in [0.29, 0.717) is 5.02 Å². The van der Waals surface area contributed by atoms with Crippen molar-refractivity contribution in [3.05, 3.63) is 23.2 Å². The van der Waals surface area contributed by atoms with Gasteiger partial charge >= 0.3 is 0 Å². The molecule has 1 aromatic rings. The summed E-state index contributed by atoms with van der Waals surface area (Å²) in [5.74, 6) is 0.122. The zero-order valence-electron chi connectivity index (χ0n) is 6.50. The smallest absolute Gasteiger partial charge is 0.134 e. The molecule has 0 saturated heterocycles. The minimum Gasteiger partial charge on any atom is -0.506 e. The van der Waals surface area contributed by atoms with Gasteiger partial charge < -0.3 is 10.0 Å². The summed E-state index contributed by atoms with van der Waals surface area (Å²) in [6, 6.07) is 5.11. The van der Waals surface area contributed by atoms with Crippen LogP contribution in [-0.2, 0) is 0 Å². The van der Waals surface area contributed by atoms with Gasteiger partial charge in [0.2, 0.25) is 0 Å². The Bertz CT molecular complexity index is 260. The van der Waals surface area contributed by atoms with Crippen molar-refractivity contribution < 1.29 is 5.11 Å². The van der Waals surface area contributed by atoms with Crippen LogP contribution in [0.3, 0.4) is 0 Å². The highest BCUT2D eigenvalue weighted by molar-refractivity contribution is 6.32. The van der Waals surface area contributed by atoms with Crippen LogP contribution in [0.15, 0.2) is 18.2 Å². The Kier molecular flexibility index (Phi) is 2.25. The maximum Gasteiger partial charge on any atom is 0.134 e. The number of halogens is 1. The quantitative estimate of drug-likeness (QED) is 0.700. The molecule has 0 fully saturated rings. The number of phenolic OH excluding ortho intramolecular Hbond substituents is 1. The molecule has 60 valence electrons. The molecule has 0 spiro atoms. The average molecular weight is 172 g/mol. The van der Waals surface area contributed by atoms with Gasteiger partial charge in [0.15, 0.2) is 0 Å².